The summed E-state index contributed by atoms with van der Waals surface area (Å²) in [6.07, 6.45) is 1.40. The molecule has 1 N–H and O–H groups in total. The second-order valence-electron chi connectivity index (χ2n) is 3.00. The predicted octanol–water partition coefficient (Wildman–Crippen LogP) is 3.62. The molecule has 4 heteroatoms. The Kier molecular flexibility index (Phi) is 2.83. The van der Waals surface area contributed by atoms with Crippen LogP contribution in [0.1, 0.15) is 0 Å². The first kappa shape index (κ1) is 9.93. The number of rotatable bonds is 2. The van der Waals surface area contributed by atoms with E-state index in [2.05, 4.69) is 10.3 Å². The standard InChI is InChI=1S/C11H8ClFN2/c12-8-2-1-3-9(6-8)15-10-4-5-14-11(13)7-10/h1-7H,(H,14,15). The minimum atomic E-state index is -0.512. The molecule has 0 saturated heterocycles. The molecule has 0 aliphatic rings. The number of nitrogens with zero attached hydrogens (tertiary/aromatic N) is 1. The van der Waals surface area contributed by atoms with Crippen LogP contribution < -0.4 is 5.32 Å². The number of nitrogens with one attached hydrogen (secondary N) is 1. The van der Waals surface area contributed by atoms with Crippen LogP contribution >= 0.6 is 11.6 Å². The van der Waals surface area contributed by atoms with Gasteiger partial charge in [0.2, 0.25) is 5.95 Å². The normalized spacial score (nSPS) is 10.0. The number of halogens is 2. The molecular formula is C11H8ClFN2. The molecule has 2 aromatic rings. The summed E-state index contributed by atoms with van der Waals surface area (Å²) in [6, 6.07) is 10.2. The molecule has 1 heterocycles. The molecule has 0 spiro atoms. The number of pyridine rings is 1. The van der Waals surface area contributed by atoms with Crippen molar-refractivity contribution in [2.45, 2.75) is 0 Å². The summed E-state index contributed by atoms with van der Waals surface area (Å²) in [6.45, 7) is 0. The van der Waals surface area contributed by atoms with Crippen LogP contribution in [0.25, 0.3) is 0 Å². The van der Waals surface area contributed by atoms with Crippen molar-refractivity contribution < 1.29 is 4.39 Å². The van der Waals surface area contributed by atoms with Gasteiger partial charge in [0.1, 0.15) is 0 Å². The number of aromatic nitrogens is 1. The summed E-state index contributed by atoms with van der Waals surface area (Å²) in [5.41, 5.74) is 1.46. The average molecular weight is 223 g/mol. The third-order valence-electron chi connectivity index (χ3n) is 1.84. The van der Waals surface area contributed by atoms with E-state index < -0.39 is 5.95 Å². The Morgan fingerprint density at radius 3 is 2.67 bits per heavy atom. The quantitative estimate of drug-likeness (QED) is 0.785. The smallest absolute Gasteiger partial charge is 0.214 e. The van der Waals surface area contributed by atoms with E-state index >= 15 is 0 Å². The van der Waals surface area contributed by atoms with Crippen LogP contribution in [0, 0.1) is 5.95 Å². The lowest BCUT2D eigenvalue weighted by atomic mass is 10.3. The van der Waals surface area contributed by atoms with Gasteiger partial charge < -0.3 is 5.32 Å². The van der Waals surface area contributed by atoms with Crippen molar-refractivity contribution in [3.05, 3.63) is 53.6 Å². The van der Waals surface area contributed by atoms with Crippen LogP contribution in [0.4, 0.5) is 15.8 Å². The van der Waals surface area contributed by atoms with Gasteiger partial charge in [0.15, 0.2) is 0 Å². The van der Waals surface area contributed by atoms with Crippen LogP contribution in [0.15, 0.2) is 42.6 Å². The third kappa shape index (κ3) is 2.67. The molecule has 76 valence electrons. The monoisotopic (exact) mass is 222 g/mol. The lowest BCUT2D eigenvalue weighted by Crippen LogP contribution is -1.91. The Bertz CT molecular complexity index is 430. The molecule has 2 nitrogen and oxygen atoms in total. The highest BCUT2D eigenvalue weighted by atomic mass is 35.5. The minimum Gasteiger partial charge on any atom is -0.355 e. The van der Waals surface area contributed by atoms with Crippen molar-refractivity contribution in [3.8, 4) is 0 Å². The second-order valence-corrected chi connectivity index (χ2v) is 3.44. The molecule has 0 radical (unpaired) electrons. The van der Waals surface area contributed by atoms with E-state index in [0.717, 1.165) is 5.69 Å². The predicted molar refractivity (Wildman–Crippen MR) is 58.9 cm³/mol. The summed E-state index contributed by atoms with van der Waals surface area (Å²) in [5, 5.41) is 3.65. The Labute approximate surface area is 91.7 Å². The molecular weight excluding hydrogens is 215 g/mol. The van der Waals surface area contributed by atoms with Crippen molar-refractivity contribution >= 4 is 23.0 Å². The van der Waals surface area contributed by atoms with Crippen LogP contribution in [0.3, 0.4) is 0 Å². The largest absolute Gasteiger partial charge is 0.355 e. The van der Waals surface area contributed by atoms with E-state index in [0.29, 0.717) is 10.7 Å². The van der Waals surface area contributed by atoms with Gasteiger partial charge >= 0.3 is 0 Å². The maximum atomic E-state index is 12.8. The van der Waals surface area contributed by atoms with Gasteiger partial charge in [-0.05, 0) is 24.3 Å². The zero-order valence-electron chi connectivity index (χ0n) is 7.74. The van der Waals surface area contributed by atoms with Crippen LogP contribution in [-0.2, 0) is 0 Å². The molecule has 0 aliphatic carbocycles. The molecule has 0 atom stereocenters. The Hall–Kier alpha value is -1.61. The lowest BCUT2D eigenvalue weighted by Gasteiger charge is -2.05. The summed E-state index contributed by atoms with van der Waals surface area (Å²) in [5.74, 6) is -0.512. The molecule has 0 amide bonds. The first-order chi connectivity index (χ1) is 7.24. The molecule has 0 bridgehead atoms. The Balaban J connectivity index is 2.22. The summed E-state index contributed by atoms with van der Waals surface area (Å²) < 4.78 is 12.8. The van der Waals surface area contributed by atoms with Crippen molar-refractivity contribution in [3.63, 3.8) is 0 Å². The average Bonchev–Trinajstić information content (AvgIpc) is 2.17. The summed E-state index contributed by atoms with van der Waals surface area (Å²) >= 11 is 5.82. The lowest BCUT2D eigenvalue weighted by molar-refractivity contribution is 0.584. The van der Waals surface area contributed by atoms with Crippen LogP contribution in [0.2, 0.25) is 5.02 Å². The highest BCUT2D eigenvalue weighted by molar-refractivity contribution is 6.30. The van der Waals surface area contributed by atoms with Crippen LogP contribution in [-0.4, -0.2) is 4.98 Å². The van der Waals surface area contributed by atoms with Gasteiger partial charge in [-0.25, -0.2) is 4.98 Å². The first-order valence-electron chi connectivity index (χ1n) is 4.38. The van der Waals surface area contributed by atoms with Gasteiger partial charge in [0, 0.05) is 28.7 Å². The van der Waals surface area contributed by atoms with Gasteiger partial charge in [-0.1, -0.05) is 17.7 Å². The molecule has 0 aliphatic heterocycles. The van der Waals surface area contributed by atoms with E-state index in [1.54, 1.807) is 18.2 Å². The van der Waals surface area contributed by atoms with Gasteiger partial charge in [0.25, 0.3) is 0 Å². The fourth-order valence-corrected chi connectivity index (χ4v) is 1.40. The fourth-order valence-electron chi connectivity index (χ4n) is 1.21. The maximum absolute atomic E-state index is 12.8. The topological polar surface area (TPSA) is 24.9 Å². The van der Waals surface area contributed by atoms with Crippen molar-refractivity contribution in [1.82, 2.24) is 4.98 Å². The molecule has 1 aromatic heterocycles. The van der Waals surface area contributed by atoms with Gasteiger partial charge in [-0.2, -0.15) is 4.39 Å². The Morgan fingerprint density at radius 1 is 1.13 bits per heavy atom. The van der Waals surface area contributed by atoms with Crippen molar-refractivity contribution in [2.75, 3.05) is 5.32 Å². The number of hydrogen-bond acceptors (Lipinski definition) is 2. The Morgan fingerprint density at radius 2 is 1.93 bits per heavy atom. The van der Waals surface area contributed by atoms with E-state index in [4.69, 9.17) is 11.6 Å². The zero-order chi connectivity index (χ0) is 10.7. The molecule has 0 fully saturated rings. The summed E-state index contributed by atoms with van der Waals surface area (Å²) in [7, 11) is 0. The van der Waals surface area contributed by atoms with Crippen molar-refractivity contribution in [1.29, 1.82) is 0 Å². The zero-order valence-corrected chi connectivity index (χ0v) is 8.50. The highest BCUT2D eigenvalue weighted by Crippen LogP contribution is 2.19. The maximum Gasteiger partial charge on any atom is 0.214 e. The number of hydrogen-bond donors (Lipinski definition) is 1. The SMILES string of the molecule is Fc1cc(Nc2cccc(Cl)c2)ccn1. The van der Waals surface area contributed by atoms with E-state index in [1.807, 2.05) is 12.1 Å². The van der Waals surface area contributed by atoms with E-state index in [1.165, 1.54) is 12.3 Å². The highest BCUT2D eigenvalue weighted by Gasteiger charge is 1.97. The van der Waals surface area contributed by atoms with E-state index in [-0.39, 0.29) is 0 Å². The third-order valence-corrected chi connectivity index (χ3v) is 2.07. The van der Waals surface area contributed by atoms with Crippen LogP contribution in [0.5, 0.6) is 0 Å². The van der Waals surface area contributed by atoms with Gasteiger partial charge in [-0.15, -0.1) is 0 Å². The molecule has 0 saturated carbocycles. The first-order valence-corrected chi connectivity index (χ1v) is 4.76. The minimum absolute atomic E-state index is 0.512. The molecule has 0 unspecified atom stereocenters. The number of benzene rings is 1. The molecule has 15 heavy (non-hydrogen) atoms. The second kappa shape index (κ2) is 4.28. The van der Waals surface area contributed by atoms with E-state index in [9.17, 15) is 4.39 Å². The van der Waals surface area contributed by atoms with Gasteiger partial charge in [0.05, 0.1) is 0 Å². The fraction of sp³-hybridized carbons (Fsp3) is 0. The molecule has 2 rings (SSSR count). The number of anilines is 2. The van der Waals surface area contributed by atoms with Crippen molar-refractivity contribution in [2.24, 2.45) is 0 Å². The summed E-state index contributed by atoms with van der Waals surface area (Å²) in [4.78, 5) is 3.47. The van der Waals surface area contributed by atoms with Gasteiger partial charge in [-0.3, -0.25) is 0 Å². The molecule has 1 aromatic carbocycles.